The second kappa shape index (κ2) is 3.70. The van der Waals surface area contributed by atoms with Gasteiger partial charge in [0.15, 0.2) is 5.65 Å². The predicted octanol–water partition coefficient (Wildman–Crippen LogP) is 1.35. The largest absolute Gasteiger partial charge is 0.478 e. The maximum atomic E-state index is 5.80. The first-order chi connectivity index (χ1) is 8.27. The summed E-state index contributed by atoms with van der Waals surface area (Å²) in [4.78, 5) is 12.2. The first-order valence-corrected chi connectivity index (χ1v) is 5.97. The zero-order valence-corrected chi connectivity index (χ0v) is 9.86. The lowest BCUT2D eigenvalue weighted by molar-refractivity contribution is 0.328. The van der Waals surface area contributed by atoms with Crippen molar-refractivity contribution in [1.29, 1.82) is 0 Å². The first-order valence-electron chi connectivity index (χ1n) is 5.97. The molecule has 2 aromatic heterocycles. The molecule has 0 aliphatic heterocycles. The highest BCUT2D eigenvalue weighted by atomic mass is 16.5. The van der Waals surface area contributed by atoms with Gasteiger partial charge >= 0.3 is 0 Å². The molecule has 3 rings (SSSR count). The van der Waals surface area contributed by atoms with E-state index in [1.807, 2.05) is 19.1 Å². The zero-order chi connectivity index (χ0) is 11.9. The van der Waals surface area contributed by atoms with Gasteiger partial charge in [0, 0.05) is 18.0 Å². The molecule has 90 valence electrons. The van der Waals surface area contributed by atoms with Gasteiger partial charge < -0.3 is 15.5 Å². The SMILES string of the molecule is CCOc1ccc2[nH]c(C3(CN)CC3)nc2n1. The highest BCUT2D eigenvalue weighted by Crippen LogP contribution is 2.46. The topological polar surface area (TPSA) is 76.8 Å². The Hall–Kier alpha value is -1.62. The molecule has 0 radical (unpaired) electrons. The smallest absolute Gasteiger partial charge is 0.215 e. The van der Waals surface area contributed by atoms with Crippen LogP contribution in [0, 0.1) is 0 Å². The van der Waals surface area contributed by atoms with E-state index in [9.17, 15) is 0 Å². The fourth-order valence-electron chi connectivity index (χ4n) is 2.04. The number of aromatic amines is 1. The molecular formula is C12H16N4O. The van der Waals surface area contributed by atoms with E-state index >= 15 is 0 Å². The number of ether oxygens (including phenoxy) is 1. The molecule has 0 saturated heterocycles. The van der Waals surface area contributed by atoms with Crippen molar-refractivity contribution in [3.63, 3.8) is 0 Å². The Morgan fingerprint density at radius 3 is 2.88 bits per heavy atom. The van der Waals surface area contributed by atoms with Crippen molar-refractivity contribution < 1.29 is 4.74 Å². The highest BCUT2D eigenvalue weighted by molar-refractivity contribution is 5.71. The van der Waals surface area contributed by atoms with Gasteiger partial charge in [0.1, 0.15) is 5.82 Å². The van der Waals surface area contributed by atoms with Crippen LogP contribution < -0.4 is 10.5 Å². The Morgan fingerprint density at radius 1 is 1.41 bits per heavy atom. The molecule has 0 spiro atoms. The van der Waals surface area contributed by atoms with Gasteiger partial charge in [0.05, 0.1) is 12.1 Å². The molecule has 5 nitrogen and oxygen atoms in total. The third kappa shape index (κ3) is 1.67. The minimum absolute atomic E-state index is 0.0759. The van der Waals surface area contributed by atoms with Crippen molar-refractivity contribution in [1.82, 2.24) is 15.0 Å². The van der Waals surface area contributed by atoms with Crippen LogP contribution in [0.4, 0.5) is 0 Å². The molecule has 3 N–H and O–H groups in total. The summed E-state index contributed by atoms with van der Waals surface area (Å²) in [5.74, 6) is 1.59. The molecular weight excluding hydrogens is 216 g/mol. The van der Waals surface area contributed by atoms with Crippen LogP contribution in [0.25, 0.3) is 11.2 Å². The number of nitrogens with zero attached hydrogens (tertiary/aromatic N) is 2. The Bertz CT molecular complexity index is 544. The number of fused-ring (bicyclic) bond motifs is 1. The fourth-order valence-corrected chi connectivity index (χ4v) is 2.04. The molecule has 1 aliphatic rings. The number of pyridine rings is 1. The van der Waals surface area contributed by atoms with Gasteiger partial charge in [-0.3, -0.25) is 0 Å². The van der Waals surface area contributed by atoms with Crippen LogP contribution in [0.15, 0.2) is 12.1 Å². The Balaban J connectivity index is 2.01. The fraction of sp³-hybridized carbons (Fsp3) is 0.500. The average molecular weight is 232 g/mol. The van der Waals surface area contributed by atoms with Gasteiger partial charge in [-0.05, 0) is 25.8 Å². The molecule has 1 fully saturated rings. The van der Waals surface area contributed by atoms with Crippen molar-refractivity contribution in [2.45, 2.75) is 25.2 Å². The van der Waals surface area contributed by atoms with Gasteiger partial charge in [-0.15, -0.1) is 0 Å². The normalized spacial score (nSPS) is 17.3. The van der Waals surface area contributed by atoms with Gasteiger partial charge in [-0.1, -0.05) is 0 Å². The number of nitrogens with one attached hydrogen (secondary N) is 1. The van der Waals surface area contributed by atoms with E-state index < -0.39 is 0 Å². The molecule has 0 atom stereocenters. The number of hydrogen-bond acceptors (Lipinski definition) is 4. The number of imidazole rings is 1. The van der Waals surface area contributed by atoms with Gasteiger partial charge in [-0.2, -0.15) is 4.98 Å². The third-order valence-electron chi connectivity index (χ3n) is 3.36. The third-order valence-corrected chi connectivity index (χ3v) is 3.36. The van der Waals surface area contributed by atoms with Crippen LogP contribution in [0.1, 0.15) is 25.6 Å². The van der Waals surface area contributed by atoms with Crippen LogP contribution in [-0.4, -0.2) is 28.1 Å². The molecule has 0 unspecified atom stereocenters. The van der Waals surface area contributed by atoms with Crippen molar-refractivity contribution in [2.75, 3.05) is 13.2 Å². The van der Waals surface area contributed by atoms with Crippen molar-refractivity contribution in [3.05, 3.63) is 18.0 Å². The van der Waals surface area contributed by atoms with E-state index in [1.165, 1.54) is 0 Å². The quantitative estimate of drug-likeness (QED) is 0.834. The van der Waals surface area contributed by atoms with Crippen LogP contribution in [-0.2, 0) is 5.41 Å². The van der Waals surface area contributed by atoms with Crippen LogP contribution >= 0.6 is 0 Å². The van der Waals surface area contributed by atoms with Crippen LogP contribution in [0.2, 0.25) is 0 Å². The predicted molar refractivity (Wildman–Crippen MR) is 65.0 cm³/mol. The summed E-state index contributed by atoms with van der Waals surface area (Å²) in [5.41, 5.74) is 7.53. The molecule has 0 bridgehead atoms. The summed E-state index contributed by atoms with van der Waals surface area (Å²) >= 11 is 0. The minimum Gasteiger partial charge on any atom is -0.478 e. The summed E-state index contributed by atoms with van der Waals surface area (Å²) in [6, 6.07) is 3.81. The average Bonchev–Trinajstić information content (AvgIpc) is 3.03. The summed E-state index contributed by atoms with van der Waals surface area (Å²) < 4.78 is 5.36. The zero-order valence-electron chi connectivity index (χ0n) is 9.86. The highest BCUT2D eigenvalue weighted by Gasteiger charge is 2.45. The van der Waals surface area contributed by atoms with E-state index in [0.29, 0.717) is 24.7 Å². The minimum atomic E-state index is 0.0759. The molecule has 1 saturated carbocycles. The Morgan fingerprint density at radius 2 is 2.24 bits per heavy atom. The molecule has 17 heavy (non-hydrogen) atoms. The molecule has 2 aromatic rings. The second-order valence-corrected chi connectivity index (χ2v) is 4.52. The summed E-state index contributed by atoms with van der Waals surface area (Å²) in [6.45, 7) is 3.20. The summed E-state index contributed by atoms with van der Waals surface area (Å²) in [7, 11) is 0. The molecule has 2 heterocycles. The molecule has 5 heteroatoms. The van der Waals surface area contributed by atoms with Crippen LogP contribution in [0.5, 0.6) is 5.88 Å². The van der Waals surface area contributed by atoms with E-state index in [2.05, 4.69) is 15.0 Å². The molecule has 1 aliphatic carbocycles. The number of aromatic nitrogens is 3. The first kappa shape index (κ1) is 10.5. The summed E-state index contributed by atoms with van der Waals surface area (Å²) in [6.07, 6.45) is 2.23. The Kier molecular flexibility index (Phi) is 2.29. The number of H-pyrrole nitrogens is 1. The lowest BCUT2D eigenvalue weighted by Gasteiger charge is -2.06. The standard InChI is InChI=1S/C12H16N4O/c1-2-17-9-4-3-8-10(15-9)16-11(14-8)12(7-13)5-6-12/h3-4H,2,5-7,13H2,1H3,(H,14,15,16). The maximum absolute atomic E-state index is 5.80. The molecule has 0 amide bonds. The molecule has 0 aromatic carbocycles. The number of nitrogens with two attached hydrogens (primary N) is 1. The van der Waals surface area contributed by atoms with Gasteiger partial charge in [0.25, 0.3) is 0 Å². The summed E-state index contributed by atoms with van der Waals surface area (Å²) in [5, 5.41) is 0. The van der Waals surface area contributed by atoms with Gasteiger partial charge in [-0.25, -0.2) is 4.98 Å². The lowest BCUT2D eigenvalue weighted by Crippen LogP contribution is -2.21. The van der Waals surface area contributed by atoms with Crippen molar-refractivity contribution in [3.8, 4) is 5.88 Å². The number of rotatable bonds is 4. The maximum Gasteiger partial charge on any atom is 0.215 e. The lowest BCUT2D eigenvalue weighted by atomic mass is 10.1. The van der Waals surface area contributed by atoms with E-state index in [0.717, 1.165) is 24.2 Å². The van der Waals surface area contributed by atoms with Crippen molar-refractivity contribution >= 4 is 11.2 Å². The number of hydrogen-bond donors (Lipinski definition) is 2. The van der Waals surface area contributed by atoms with Gasteiger partial charge in [0.2, 0.25) is 5.88 Å². The Labute approximate surface area is 99.4 Å². The van der Waals surface area contributed by atoms with Crippen molar-refractivity contribution in [2.24, 2.45) is 5.73 Å². The monoisotopic (exact) mass is 232 g/mol. The van der Waals surface area contributed by atoms with E-state index in [1.54, 1.807) is 0 Å². The van der Waals surface area contributed by atoms with E-state index in [-0.39, 0.29) is 5.41 Å². The second-order valence-electron chi connectivity index (χ2n) is 4.52. The van der Waals surface area contributed by atoms with Crippen LogP contribution in [0.3, 0.4) is 0 Å². The van der Waals surface area contributed by atoms with E-state index in [4.69, 9.17) is 10.5 Å².